The zero-order valence-electron chi connectivity index (χ0n) is 13.4. The van der Waals surface area contributed by atoms with Crippen LogP contribution in [0.4, 0.5) is 0 Å². The molecule has 0 atom stereocenters. The minimum absolute atomic E-state index is 0.140. The molecule has 0 N–H and O–H groups in total. The number of rotatable bonds is 5. The van der Waals surface area contributed by atoms with E-state index in [1.54, 1.807) is 4.68 Å². The molecule has 0 aliphatic heterocycles. The summed E-state index contributed by atoms with van der Waals surface area (Å²) in [5.41, 5.74) is 0.935. The summed E-state index contributed by atoms with van der Waals surface area (Å²) in [4.78, 5) is 12.9. The first kappa shape index (κ1) is 16.5. The van der Waals surface area contributed by atoms with Gasteiger partial charge in [-0.1, -0.05) is 18.5 Å². The number of Topliss-reactive ketones (excluding diaryl/α,β-unsaturated/α-hetero) is 1. The van der Waals surface area contributed by atoms with Gasteiger partial charge in [0.1, 0.15) is 5.60 Å². The molecule has 0 bridgehead atoms. The van der Waals surface area contributed by atoms with E-state index in [-0.39, 0.29) is 5.78 Å². The zero-order chi connectivity index (χ0) is 15.6. The second-order valence-electron chi connectivity index (χ2n) is 6.18. The fourth-order valence-corrected chi connectivity index (χ4v) is 3.42. The topological polar surface area (TPSA) is 44.1 Å². The van der Waals surface area contributed by atoms with Crippen molar-refractivity contribution < 1.29 is 9.53 Å². The van der Waals surface area contributed by atoms with E-state index in [9.17, 15) is 4.79 Å². The van der Waals surface area contributed by atoms with E-state index in [1.807, 2.05) is 20.9 Å². The molecule has 2 rings (SSSR count). The summed E-state index contributed by atoms with van der Waals surface area (Å²) in [6.07, 6.45) is 4.02. The van der Waals surface area contributed by atoms with Crippen LogP contribution in [-0.2, 0) is 23.0 Å². The highest BCUT2D eigenvalue weighted by Crippen LogP contribution is 2.36. The molecule has 1 fully saturated rings. The lowest BCUT2D eigenvalue weighted by molar-refractivity contribution is -0.149. The average Bonchev–Trinajstić information content (AvgIpc) is 2.68. The minimum Gasteiger partial charge on any atom is -0.367 e. The Morgan fingerprint density at radius 2 is 2.10 bits per heavy atom. The van der Waals surface area contributed by atoms with E-state index < -0.39 is 5.60 Å². The van der Waals surface area contributed by atoms with Crippen LogP contribution >= 0.6 is 11.6 Å². The Morgan fingerprint density at radius 1 is 1.48 bits per heavy atom. The number of carbonyl (C=O) groups is 1. The molecule has 0 amide bonds. The molecule has 1 aliphatic carbocycles. The molecule has 0 spiro atoms. The fraction of sp³-hybridized carbons (Fsp3) is 0.750. The number of carbonyl (C=O) groups excluding carboxylic acids is 1. The van der Waals surface area contributed by atoms with E-state index in [0.717, 1.165) is 37.1 Å². The summed E-state index contributed by atoms with van der Waals surface area (Å²) in [6.45, 7) is 6.62. The summed E-state index contributed by atoms with van der Waals surface area (Å²) < 4.78 is 7.63. The van der Waals surface area contributed by atoms with Gasteiger partial charge in [0.15, 0.2) is 5.78 Å². The van der Waals surface area contributed by atoms with Crippen molar-refractivity contribution in [2.75, 3.05) is 6.61 Å². The Morgan fingerprint density at radius 3 is 2.57 bits per heavy atom. The van der Waals surface area contributed by atoms with Crippen molar-refractivity contribution in [3.05, 3.63) is 16.4 Å². The van der Waals surface area contributed by atoms with Gasteiger partial charge in [-0.15, -0.1) is 0 Å². The van der Waals surface area contributed by atoms with Crippen molar-refractivity contribution in [2.24, 2.45) is 13.0 Å². The summed E-state index contributed by atoms with van der Waals surface area (Å²) in [6, 6.07) is 0. The molecule has 1 aliphatic rings. The van der Waals surface area contributed by atoms with Crippen LogP contribution in [0, 0.1) is 12.8 Å². The zero-order valence-corrected chi connectivity index (χ0v) is 14.2. The van der Waals surface area contributed by atoms with Crippen LogP contribution in [0.25, 0.3) is 0 Å². The predicted octanol–water partition coefficient (Wildman–Crippen LogP) is 3.48. The van der Waals surface area contributed by atoms with Crippen LogP contribution in [0.3, 0.4) is 0 Å². The number of nitrogens with zero attached hydrogens (tertiary/aromatic N) is 2. The molecule has 4 nitrogen and oxygen atoms in total. The third kappa shape index (κ3) is 3.32. The van der Waals surface area contributed by atoms with E-state index in [1.165, 1.54) is 0 Å². The average molecular weight is 313 g/mol. The van der Waals surface area contributed by atoms with Crippen LogP contribution in [0.1, 0.15) is 50.9 Å². The lowest BCUT2D eigenvalue weighted by Gasteiger charge is -2.37. The van der Waals surface area contributed by atoms with Gasteiger partial charge in [0, 0.05) is 13.7 Å². The molecule has 1 saturated carbocycles. The van der Waals surface area contributed by atoms with Crippen molar-refractivity contribution >= 4 is 17.4 Å². The third-order valence-electron chi connectivity index (χ3n) is 4.60. The highest BCUT2D eigenvalue weighted by atomic mass is 35.5. The molecule has 118 valence electrons. The van der Waals surface area contributed by atoms with Gasteiger partial charge in [-0.3, -0.25) is 9.48 Å². The lowest BCUT2D eigenvalue weighted by atomic mass is 9.76. The van der Waals surface area contributed by atoms with Gasteiger partial charge < -0.3 is 4.74 Å². The molecule has 0 radical (unpaired) electrons. The molecule has 1 aromatic rings. The second kappa shape index (κ2) is 6.49. The summed E-state index contributed by atoms with van der Waals surface area (Å²) in [7, 11) is 1.83. The molecular formula is C16H25ClN2O2. The predicted molar refractivity (Wildman–Crippen MR) is 83.7 cm³/mol. The van der Waals surface area contributed by atoms with Gasteiger partial charge in [0.05, 0.1) is 22.8 Å². The first-order valence-electron chi connectivity index (χ1n) is 7.75. The minimum atomic E-state index is -0.622. The summed E-state index contributed by atoms with van der Waals surface area (Å²) >= 11 is 6.27. The SMILES string of the molecule is CCOC1(C(=O)Cc2c(Cl)c(C)nn2C)CCC(C)CC1. The summed E-state index contributed by atoms with van der Waals surface area (Å²) in [5, 5.41) is 4.88. The monoisotopic (exact) mass is 312 g/mol. The van der Waals surface area contributed by atoms with Crippen molar-refractivity contribution in [3.8, 4) is 0 Å². The molecule has 5 heteroatoms. The standard InChI is InChI=1S/C16H25ClN2O2/c1-5-21-16(8-6-11(2)7-9-16)14(20)10-13-15(17)12(3)18-19(13)4/h11H,5-10H2,1-4H3. The Kier molecular flexibility index (Phi) is 5.10. The molecule has 21 heavy (non-hydrogen) atoms. The van der Waals surface area contributed by atoms with Gasteiger partial charge in [0.25, 0.3) is 0 Å². The van der Waals surface area contributed by atoms with Crippen LogP contribution in [0.2, 0.25) is 5.02 Å². The molecular weight excluding hydrogens is 288 g/mol. The number of hydrogen-bond donors (Lipinski definition) is 0. The molecule has 1 aromatic heterocycles. The lowest BCUT2D eigenvalue weighted by Crippen LogP contribution is -2.45. The number of halogens is 1. The van der Waals surface area contributed by atoms with Crippen molar-refractivity contribution in [3.63, 3.8) is 0 Å². The maximum atomic E-state index is 12.9. The fourth-order valence-electron chi connectivity index (χ4n) is 3.19. The number of ether oxygens (including phenoxy) is 1. The largest absolute Gasteiger partial charge is 0.367 e. The Labute approximate surface area is 131 Å². The quantitative estimate of drug-likeness (QED) is 0.836. The molecule has 0 saturated heterocycles. The highest BCUT2D eigenvalue weighted by molar-refractivity contribution is 6.32. The van der Waals surface area contributed by atoms with Crippen molar-refractivity contribution in [1.82, 2.24) is 9.78 Å². The van der Waals surface area contributed by atoms with E-state index in [2.05, 4.69) is 12.0 Å². The van der Waals surface area contributed by atoms with Crippen LogP contribution in [0.5, 0.6) is 0 Å². The van der Waals surface area contributed by atoms with E-state index in [4.69, 9.17) is 16.3 Å². The third-order valence-corrected chi connectivity index (χ3v) is 5.09. The maximum absolute atomic E-state index is 12.9. The number of aromatic nitrogens is 2. The molecule has 1 heterocycles. The van der Waals surface area contributed by atoms with Gasteiger partial charge in [-0.2, -0.15) is 5.10 Å². The van der Waals surface area contributed by atoms with Crippen LogP contribution in [0.15, 0.2) is 0 Å². The number of ketones is 1. The number of hydrogen-bond acceptors (Lipinski definition) is 3. The maximum Gasteiger partial charge on any atom is 0.170 e. The van der Waals surface area contributed by atoms with Gasteiger partial charge in [0.2, 0.25) is 0 Å². The molecule has 0 unspecified atom stereocenters. The normalized spacial score (nSPS) is 26.0. The van der Waals surface area contributed by atoms with Crippen molar-refractivity contribution in [1.29, 1.82) is 0 Å². The molecule has 0 aromatic carbocycles. The first-order valence-corrected chi connectivity index (χ1v) is 8.12. The van der Waals surface area contributed by atoms with Crippen LogP contribution in [-0.4, -0.2) is 27.8 Å². The number of aryl methyl sites for hydroxylation is 2. The van der Waals surface area contributed by atoms with Gasteiger partial charge in [-0.05, 0) is 45.4 Å². The Bertz CT molecular complexity index is 517. The van der Waals surface area contributed by atoms with E-state index >= 15 is 0 Å². The van der Waals surface area contributed by atoms with Gasteiger partial charge >= 0.3 is 0 Å². The summed E-state index contributed by atoms with van der Waals surface area (Å²) in [5.74, 6) is 0.815. The second-order valence-corrected chi connectivity index (χ2v) is 6.56. The van der Waals surface area contributed by atoms with Gasteiger partial charge in [-0.25, -0.2) is 0 Å². The smallest absolute Gasteiger partial charge is 0.170 e. The Hall–Kier alpha value is -0.870. The van der Waals surface area contributed by atoms with Crippen LogP contribution < -0.4 is 0 Å². The highest BCUT2D eigenvalue weighted by Gasteiger charge is 2.41. The first-order chi connectivity index (χ1) is 9.89. The Balaban J connectivity index is 2.19. The van der Waals surface area contributed by atoms with E-state index in [0.29, 0.717) is 24.0 Å². The van der Waals surface area contributed by atoms with Crippen molar-refractivity contribution in [2.45, 2.75) is 58.5 Å².